The van der Waals surface area contributed by atoms with E-state index in [-0.39, 0.29) is 24.4 Å². The molecule has 2 N–H and O–H groups in total. The smallest absolute Gasteiger partial charge is 0.241 e. The highest BCUT2D eigenvalue weighted by atomic mass is 35.5. The molecule has 148 valence electrons. The highest BCUT2D eigenvalue weighted by Gasteiger charge is 2.32. The molecule has 2 amide bonds. The standard InChI is InChI=1S/C21H23Cl2N3O2/c1-13-5-3-6-17(14(13)2)24-20(27)12-26-10-4-7-19(26)21(28)25-18-9-8-15(22)11-16(18)23/h3,5-6,8-9,11,19H,4,7,10,12H2,1-2H3,(H,24,27)(H,25,28). The SMILES string of the molecule is Cc1cccc(NC(=O)CN2CCCC2C(=O)Nc2ccc(Cl)cc2Cl)c1C. The second-order valence-electron chi connectivity index (χ2n) is 7.04. The van der Waals surface area contributed by atoms with E-state index in [1.165, 1.54) is 0 Å². The molecule has 1 unspecified atom stereocenters. The van der Waals surface area contributed by atoms with Gasteiger partial charge in [0, 0.05) is 10.7 Å². The zero-order valence-corrected chi connectivity index (χ0v) is 17.4. The van der Waals surface area contributed by atoms with Gasteiger partial charge in [0.05, 0.1) is 23.3 Å². The average Bonchev–Trinajstić information content (AvgIpc) is 3.09. The molecule has 1 atom stereocenters. The van der Waals surface area contributed by atoms with Gasteiger partial charge in [0.15, 0.2) is 0 Å². The topological polar surface area (TPSA) is 61.4 Å². The Labute approximate surface area is 175 Å². The third-order valence-corrected chi connectivity index (χ3v) is 5.63. The zero-order valence-electron chi connectivity index (χ0n) is 15.9. The molecule has 7 heteroatoms. The summed E-state index contributed by atoms with van der Waals surface area (Å²) in [5, 5.41) is 6.70. The van der Waals surface area contributed by atoms with Gasteiger partial charge in [0.1, 0.15) is 0 Å². The highest BCUT2D eigenvalue weighted by Crippen LogP contribution is 2.27. The second kappa shape index (κ2) is 8.95. The number of nitrogens with one attached hydrogen (secondary N) is 2. The number of nitrogens with zero attached hydrogens (tertiary/aromatic N) is 1. The van der Waals surface area contributed by atoms with E-state index in [1.54, 1.807) is 18.2 Å². The highest BCUT2D eigenvalue weighted by molar-refractivity contribution is 6.36. The van der Waals surface area contributed by atoms with E-state index in [0.29, 0.717) is 28.7 Å². The predicted molar refractivity (Wildman–Crippen MR) is 114 cm³/mol. The van der Waals surface area contributed by atoms with Gasteiger partial charge in [0.2, 0.25) is 11.8 Å². The van der Waals surface area contributed by atoms with E-state index in [2.05, 4.69) is 10.6 Å². The molecule has 3 rings (SSSR count). The number of rotatable bonds is 5. The fourth-order valence-electron chi connectivity index (χ4n) is 3.38. The summed E-state index contributed by atoms with van der Waals surface area (Å²) in [5.74, 6) is -0.292. The van der Waals surface area contributed by atoms with Crippen LogP contribution in [0.4, 0.5) is 11.4 Å². The normalized spacial score (nSPS) is 16.8. The van der Waals surface area contributed by atoms with Crippen molar-refractivity contribution in [3.63, 3.8) is 0 Å². The molecule has 1 saturated heterocycles. The maximum absolute atomic E-state index is 12.7. The number of carbonyl (C=O) groups excluding carboxylic acids is 2. The molecular weight excluding hydrogens is 397 g/mol. The molecule has 28 heavy (non-hydrogen) atoms. The second-order valence-corrected chi connectivity index (χ2v) is 7.88. The minimum atomic E-state index is -0.365. The first kappa shape index (κ1) is 20.6. The Kier molecular flexibility index (Phi) is 6.60. The molecular formula is C21H23Cl2N3O2. The zero-order chi connectivity index (χ0) is 20.3. The Morgan fingerprint density at radius 1 is 1.11 bits per heavy atom. The summed E-state index contributed by atoms with van der Waals surface area (Å²) in [6.07, 6.45) is 1.57. The molecule has 0 bridgehead atoms. The van der Waals surface area contributed by atoms with Gasteiger partial charge in [-0.2, -0.15) is 0 Å². The molecule has 2 aromatic carbocycles. The summed E-state index contributed by atoms with van der Waals surface area (Å²) in [4.78, 5) is 27.2. The number of aryl methyl sites for hydroxylation is 1. The molecule has 1 aliphatic rings. The van der Waals surface area contributed by atoms with Gasteiger partial charge >= 0.3 is 0 Å². The fourth-order valence-corrected chi connectivity index (χ4v) is 3.84. The van der Waals surface area contributed by atoms with Crippen LogP contribution in [0.5, 0.6) is 0 Å². The van der Waals surface area contributed by atoms with E-state index in [1.807, 2.05) is 36.9 Å². The number of halogens is 2. The van der Waals surface area contributed by atoms with Crippen LogP contribution in [0.1, 0.15) is 24.0 Å². The van der Waals surface area contributed by atoms with Gasteiger partial charge < -0.3 is 10.6 Å². The van der Waals surface area contributed by atoms with Gasteiger partial charge in [-0.15, -0.1) is 0 Å². The lowest BCUT2D eigenvalue weighted by Gasteiger charge is -2.23. The van der Waals surface area contributed by atoms with Crippen molar-refractivity contribution in [3.05, 3.63) is 57.6 Å². The lowest BCUT2D eigenvalue weighted by Crippen LogP contribution is -2.43. The first-order valence-electron chi connectivity index (χ1n) is 9.21. The van der Waals surface area contributed by atoms with Crippen LogP contribution in [0.2, 0.25) is 10.0 Å². The molecule has 0 saturated carbocycles. The van der Waals surface area contributed by atoms with Gasteiger partial charge in [-0.3, -0.25) is 14.5 Å². The van der Waals surface area contributed by atoms with Gasteiger partial charge in [0.25, 0.3) is 0 Å². The Morgan fingerprint density at radius 2 is 1.89 bits per heavy atom. The number of amides is 2. The summed E-state index contributed by atoms with van der Waals surface area (Å²) >= 11 is 12.0. The van der Waals surface area contributed by atoms with Gasteiger partial charge in [-0.1, -0.05) is 35.3 Å². The first-order valence-corrected chi connectivity index (χ1v) is 9.97. The maximum Gasteiger partial charge on any atom is 0.241 e. The van der Waals surface area contributed by atoms with Gasteiger partial charge in [-0.05, 0) is 68.6 Å². The summed E-state index contributed by atoms with van der Waals surface area (Å²) in [7, 11) is 0. The Hall–Kier alpha value is -2.08. The van der Waals surface area contributed by atoms with E-state index >= 15 is 0 Å². The molecule has 0 aromatic heterocycles. The van der Waals surface area contributed by atoms with Crippen molar-refractivity contribution in [1.82, 2.24) is 4.90 Å². The molecule has 0 radical (unpaired) electrons. The van der Waals surface area contributed by atoms with E-state index < -0.39 is 0 Å². The van der Waals surface area contributed by atoms with Crippen LogP contribution in [-0.4, -0.2) is 35.8 Å². The van der Waals surface area contributed by atoms with Crippen molar-refractivity contribution < 1.29 is 9.59 Å². The van der Waals surface area contributed by atoms with Crippen LogP contribution in [0.15, 0.2) is 36.4 Å². The fraction of sp³-hybridized carbons (Fsp3) is 0.333. The molecule has 1 aliphatic heterocycles. The number of anilines is 2. The van der Waals surface area contributed by atoms with Crippen molar-refractivity contribution >= 4 is 46.4 Å². The van der Waals surface area contributed by atoms with Crippen molar-refractivity contribution in [2.24, 2.45) is 0 Å². The monoisotopic (exact) mass is 419 g/mol. The number of likely N-dealkylation sites (tertiary alicyclic amines) is 1. The predicted octanol–water partition coefficient (Wildman–Crippen LogP) is 4.65. The third-order valence-electron chi connectivity index (χ3n) is 5.08. The van der Waals surface area contributed by atoms with Crippen molar-refractivity contribution in [3.8, 4) is 0 Å². The third kappa shape index (κ3) is 4.85. The van der Waals surface area contributed by atoms with Crippen LogP contribution in [0.3, 0.4) is 0 Å². The maximum atomic E-state index is 12.7. The molecule has 0 spiro atoms. The lowest BCUT2D eigenvalue weighted by atomic mass is 10.1. The molecule has 0 aliphatic carbocycles. The van der Waals surface area contributed by atoms with Crippen molar-refractivity contribution in [2.75, 3.05) is 23.7 Å². The number of hydrogen-bond acceptors (Lipinski definition) is 3. The number of hydrogen-bond donors (Lipinski definition) is 2. The van der Waals surface area contributed by atoms with E-state index in [0.717, 1.165) is 23.2 Å². The van der Waals surface area contributed by atoms with Crippen LogP contribution in [-0.2, 0) is 9.59 Å². The van der Waals surface area contributed by atoms with Crippen molar-refractivity contribution in [2.45, 2.75) is 32.7 Å². The molecule has 2 aromatic rings. The Morgan fingerprint density at radius 3 is 2.64 bits per heavy atom. The minimum absolute atomic E-state index is 0.127. The largest absolute Gasteiger partial charge is 0.325 e. The van der Waals surface area contributed by atoms with Gasteiger partial charge in [-0.25, -0.2) is 0 Å². The lowest BCUT2D eigenvalue weighted by molar-refractivity contribution is -0.122. The minimum Gasteiger partial charge on any atom is -0.325 e. The summed E-state index contributed by atoms with van der Waals surface area (Å²) in [6.45, 7) is 4.85. The Bertz CT molecular complexity index is 901. The molecule has 5 nitrogen and oxygen atoms in total. The molecule has 1 fully saturated rings. The van der Waals surface area contributed by atoms with Crippen LogP contribution >= 0.6 is 23.2 Å². The average molecular weight is 420 g/mol. The van der Waals surface area contributed by atoms with Crippen LogP contribution in [0, 0.1) is 13.8 Å². The molecule has 1 heterocycles. The van der Waals surface area contributed by atoms with Crippen LogP contribution < -0.4 is 10.6 Å². The van der Waals surface area contributed by atoms with Crippen molar-refractivity contribution in [1.29, 1.82) is 0 Å². The quantitative estimate of drug-likeness (QED) is 0.740. The van der Waals surface area contributed by atoms with E-state index in [9.17, 15) is 9.59 Å². The Balaban J connectivity index is 1.63. The summed E-state index contributed by atoms with van der Waals surface area (Å²) in [5.41, 5.74) is 3.49. The number of carbonyl (C=O) groups is 2. The number of benzene rings is 2. The summed E-state index contributed by atoms with van der Waals surface area (Å²) in [6, 6.07) is 10.4. The van der Waals surface area contributed by atoms with Crippen LogP contribution in [0.25, 0.3) is 0 Å². The summed E-state index contributed by atoms with van der Waals surface area (Å²) < 4.78 is 0. The van der Waals surface area contributed by atoms with E-state index in [4.69, 9.17) is 23.2 Å². The first-order chi connectivity index (χ1) is 13.3.